The first-order chi connectivity index (χ1) is 18.4. The standard InChI is InChI=1S/C26H30N8O4/c1-17-4-5-18(2)23-21(17)16-22(26(35)27-23)24(25-28-29-30-33(25)14-15-38-3)32-12-10-31(11-13-32)19-6-8-20(9-7-19)34(36)37/h4-9,16,24H,10-15H2,1-3H3,(H,27,35)/t24-/m1/s1. The number of benzene rings is 2. The van der Waals surface area contributed by atoms with Gasteiger partial charge in [-0.2, -0.15) is 0 Å². The molecule has 1 N–H and O–H groups in total. The number of nitro benzene ring substituents is 1. The molecular weight excluding hydrogens is 488 g/mol. The molecule has 2 aromatic carbocycles. The molecule has 0 unspecified atom stereocenters. The molecule has 1 aliphatic rings. The van der Waals surface area contributed by atoms with E-state index < -0.39 is 11.0 Å². The first kappa shape index (κ1) is 25.5. The highest BCUT2D eigenvalue weighted by Gasteiger charge is 2.33. The van der Waals surface area contributed by atoms with Crippen molar-refractivity contribution in [3.8, 4) is 0 Å². The molecule has 1 saturated heterocycles. The molecule has 5 rings (SSSR count). The van der Waals surface area contributed by atoms with Gasteiger partial charge in [0.25, 0.3) is 11.2 Å². The van der Waals surface area contributed by atoms with Crippen molar-refractivity contribution < 1.29 is 9.66 Å². The Morgan fingerprint density at radius 3 is 2.47 bits per heavy atom. The Balaban J connectivity index is 1.50. The number of pyridine rings is 1. The lowest BCUT2D eigenvalue weighted by molar-refractivity contribution is -0.384. The Morgan fingerprint density at radius 1 is 1.08 bits per heavy atom. The van der Waals surface area contributed by atoms with E-state index in [4.69, 9.17) is 4.74 Å². The summed E-state index contributed by atoms with van der Waals surface area (Å²) in [5, 5.41) is 24.5. The number of hydrogen-bond donors (Lipinski definition) is 1. The van der Waals surface area contributed by atoms with Gasteiger partial charge in [0.2, 0.25) is 0 Å². The molecule has 1 atom stereocenters. The van der Waals surface area contributed by atoms with Gasteiger partial charge in [0.15, 0.2) is 5.82 Å². The van der Waals surface area contributed by atoms with Crippen LogP contribution in [0.3, 0.4) is 0 Å². The van der Waals surface area contributed by atoms with E-state index in [0.29, 0.717) is 50.7 Å². The van der Waals surface area contributed by atoms with Crippen LogP contribution in [0.1, 0.15) is 28.6 Å². The van der Waals surface area contributed by atoms with Crippen molar-refractivity contribution in [1.82, 2.24) is 30.1 Å². The number of methoxy groups -OCH3 is 1. The van der Waals surface area contributed by atoms with E-state index >= 15 is 0 Å². The molecule has 0 saturated carbocycles. The van der Waals surface area contributed by atoms with Gasteiger partial charge in [-0.3, -0.25) is 19.8 Å². The number of aromatic nitrogens is 5. The van der Waals surface area contributed by atoms with E-state index in [-0.39, 0.29) is 11.2 Å². The molecule has 3 heterocycles. The summed E-state index contributed by atoms with van der Waals surface area (Å²) in [5.41, 5.74) is 4.32. The van der Waals surface area contributed by atoms with Crippen molar-refractivity contribution in [3.05, 3.63) is 85.4 Å². The summed E-state index contributed by atoms with van der Waals surface area (Å²) in [5.74, 6) is 0.584. The zero-order chi connectivity index (χ0) is 26.8. The number of nitrogens with one attached hydrogen (secondary N) is 1. The Morgan fingerprint density at radius 2 is 1.79 bits per heavy atom. The summed E-state index contributed by atoms with van der Waals surface area (Å²) in [6, 6.07) is 12.2. The summed E-state index contributed by atoms with van der Waals surface area (Å²) in [7, 11) is 1.62. The van der Waals surface area contributed by atoms with Crippen molar-refractivity contribution in [2.45, 2.75) is 26.4 Å². The summed E-state index contributed by atoms with van der Waals surface area (Å²) >= 11 is 0. The first-order valence-electron chi connectivity index (χ1n) is 12.5. The van der Waals surface area contributed by atoms with Crippen LogP contribution in [0.4, 0.5) is 11.4 Å². The van der Waals surface area contributed by atoms with Crippen molar-refractivity contribution >= 4 is 22.3 Å². The molecule has 0 amide bonds. The van der Waals surface area contributed by atoms with E-state index in [1.807, 2.05) is 26.0 Å². The van der Waals surface area contributed by atoms with Crippen molar-refractivity contribution in [2.75, 3.05) is 44.8 Å². The number of fused-ring (bicyclic) bond motifs is 1. The Bertz CT molecular complexity index is 1510. The first-order valence-corrected chi connectivity index (χ1v) is 12.5. The summed E-state index contributed by atoms with van der Waals surface area (Å²) in [6.45, 7) is 7.55. The molecule has 0 spiro atoms. The Kier molecular flexibility index (Phi) is 7.16. The Hall–Kier alpha value is -4.16. The highest BCUT2D eigenvalue weighted by Crippen LogP contribution is 2.30. The number of ether oxygens (including phenoxy) is 1. The van der Waals surface area contributed by atoms with Gasteiger partial charge in [-0.15, -0.1) is 5.10 Å². The second-order valence-corrected chi connectivity index (χ2v) is 9.49. The number of piperazine rings is 1. The van der Waals surface area contributed by atoms with E-state index in [1.54, 1.807) is 23.9 Å². The smallest absolute Gasteiger partial charge is 0.269 e. The monoisotopic (exact) mass is 518 g/mol. The zero-order valence-corrected chi connectivity index (χ0v) is 21.6. The molecule has 38 heavy (non-hydrogen) atoms. The fraction of sp³-hybridized carbons (Fsp3) is 0.385. The number of tetrazole rings is 1. The van der Waals surface area contributed by atoms with Crippen LogP contribution in [0.2, 0.25) is 0 Å². The lowest BCUT2D eigenvalue weighted by atomic mass is 9.99. The molecule has 198 valence electrons. The highest BCUT2D eigenvalue weighted by molar-refractivity contribution is 5.85. The SMILES string of the molecule is COCCn1nnnc1[C@@H](c1cc2c(C)ccc(C)c2[nH]c1=O)N1CCN(c2ccc([N+](=O)[O-])cc2)CC1. The number of hydrogen-bond acceptors (Lipinski definition) is 9. The second kappa shape index (κ2) is 10.7. The molecular formula is C26H30N8O4. The second-order valence-electron chi connectivity index (χ2n) is 9.49. The minimum absolute atomic E-state index is 0.0661. The van der Waals surface area contributed by atoms with Crippen LogP contribution in [-0.2, 0) is 11.3 Å². The minimum Gasteiger partial charge on any atom is -0.383 e. The minimum atomic E-state index is -0.464. The van der Waals surface area contributed by atoms with E-state index in [1.165, 1.54) is 12.1 Å². The summed E-state index contributed by atoms with van der Waals surface area (Å²) in [4.78, 5) is 31.7. The molecule has 0 radical (unpaired) electrons. The van der Waals surface area contributed by atoms with Crippen LogP contribution in [0.15, 0.2) is 47.3 Å². The van der Waals surface area contributed by atoms with Gasteiger partial charge in [-0.05, 0) is 53.6 Å². The molecule has 4 aromatic rings. The van der Waals surface area contributed by atoms with E-state index in [0.717, 1.165) is 27.7 Å². The molecule has 1 fully saturated rings. The molecule has 0 aliphatic carbocycles. The third-order valence-corrected chi connectivity index (χ3v) is 7.18. The average molecular weight is 519 g/mol. The van der Waals surface area contributed by atoms with Crippen molar-refractivity contribution in [2.24, 2.45) is 0 Å². The lowest BCUT2D eigenvalue weighted by Crippen LogP contribution is -2.49. The molecule has 2 aromatic heterocycles. The predicted molar refractivity (Wildman–Crippen MR) is 142 cm³/mol. The van der Waals surface area contributed by atoms with E-state index in [9.17, 15) is 14.9 Å². The van der Waals surface area contributed by atoms with Gasteiger partial charge < -0.3 is 14.6 Å². The van der Waals surface area contributed by atoms with Crippen molar-refractivity contribution in [1.29, 1.82) is 0 Å². The maximum Gasteiger partial charge on any atom is 0.269 e. The zero-order valence-electron chi connectivity index (χ0n) is 21.6. The quantitative estimate of drug-likeness (QED) is 0.276. The fourth-order valence-electron chi connectivity index (χ4n) is 5.06. The number of rotatable bonds is 8. The number of nitro groups is 1. The van der Waals surface area contributed by atoms with Crippen LogP contribution in [-0.4, -0.2) is 74.9 Å². The third-order valence-electron chi connectivity index (χ3n) is 7.18. The molecule has 12 nitrogen and oxygen atoms in total. The van der Waals surface area contributed by atoms with Crippen LogP contribution < -0.4 is 10.5 Å². The number of aromatic amines is 1. The van der Waals surface area contributed by atoms with Crippen LogP contribution >= 0.6 is 0 Å². The lowest BCUT2D eigenvalue weighted by Gasteiger charge is -2.39. The number of non-ortho nitro benzene ring substituents is 1. The molecule has 0 bridgehead atoms. The van der Waals surface area contributed by atoms with Gasteiger partial charge in [0.05, 0.1) is 23.6 Å². The summed E-state index contributed by atoms with van der Waals surface area (Å²) in [6.07, 6.45) is 0. The number of aryl methyl sites for hydroxylation is 2. The van der Waals surface area contributed by atoms with Gasteiger partial charge >= 0.3 is 0 Å². The number of nitrogens with zero attached hydrogens (tertiary/aromatic N) is 7. The number of H-pyrrole nitrogens is 1. The van der Waals surface area contributed by atoms with Gasteiger partial charge in [0, 0.05) is 62.1 Å². The van der Waals surface area contributed by atoms with Crippen LogP contribution in [0, 0.1) is 24.0 Å². The predicted octanol–water partition coefficient (Wildman–Crippen LogP) is 2.60. The highest BCUT2D eigenvalue weighted by atomic mass is 16.6. The summed E-state index contributed by atoms with van der Waals surface area (Å²) < 4.78 is 6.95. The normalized spacial score (nSPS) is 15.2. The fourth-order valence-corrected chi connectivity index (χ4v) is 5.06. The Labute approximate surface area is 219 Å². The van der Waals surface area contributed by atoms with Gasteiger partial charge in [-0.25, -0.2) is 4.68 Å². The topological polar surface area (TPSA) is 135 Å². The maximum atomic E-state index is 13.5. The van der Waals surface area contributed by atoms with Crippen LogP contribution in [0.5, 0.6) is 0 Å². The van der Waals surface area contributed by atoms with Crippen molar-refractivity contribution in [3.63, 3.8) is 0 Å². The third kappa shape index (κ3) is 4.87. The average Bonchev–Trinajstić information content (AvgIpc) is 3.39. The largest absolute Gasteiger partial charge is 0.383 e. The van der Waals surface area contributed by atoms with Gasteiger partial charge in [-0.1, -0.05) is 12.1 Å². The van der Waals surface area contributed by atoms with E-state index in [2.05, 4.69) is 36.4 Å². The maximum absolute atomic E-state index is 13.5. The molecule has 12 heteroatoms. The number of anilines is 1. The van der Waals surface area contributed by atoms with Crippen LogP contribution in [0.25, 0.3) is 10.9 Å². The van der Waals surface area contributed by atoms with Gasteiger partial charge in [0.1, 0.15) is 6.04 Å². The molecule has 1 aliphatic heterocycles.